The summed E-state index contributed by atoms with van der Waals surface area (Å²) in [7, 11) is 1.81. The third kappa shape index (κ3) is 5.49. The van der Waals surface area contributed by atoms with Gasteiger partial charge in [-0.3, -0.25) is 4.90 Å². The fourth-order valence-electron chi connectivity index (χ4n) is 4.47. The van der Waals surface area contributed by atoms with Gasteiger partial charge in [-0.1, -0.05) is 12.1 Å². The van der Waals surface area contributed by atoms with E-state index < -0.39 is 0 Å². The summed E-state index contributed by atoms with van der Waals surface area (Å²) in [5.74, 6) is 0.424. The molecule has 1 aromatic heterocycles. The van der Waals surface area contributed by atoms with Crippen LogP contribution in [0.4, 0.5) is 10.3 Å². The number of hydrogen-bond donors (Lipinski definition) is 2. The number of rotatable bonds is 6. The zero-order chi connectivity index (χ0) is 20.4. The van der Waals surface area contributed by atoms with Gasteiger partial charge in [0.05, 0.1) is 0 Å². The minimum Gasteiger partial charge on any atom is -0.357 e. The van der Waals surface area contributed by atoms with Gasteiger partial charge in [0.1, 0.15) is 5.82 Å². The van der Waals surface area contributed by atoms with Crippen LogP contribution < -0.4 is 10.6 Å². The average Bonchev–Trinajstić information content (AvgIpc) is 2.61. The molecule has 28 heavy (non-hydrogen) atoms. The summed E-state index contributed by atoms with van der Waals surface area (Å²) >= 11 is 0. The van der Waals surface area contributed by atoms with Gasteiger partial charge < -0.3 is 10.6 Å². The van der Waals surface area contributed by atoms with Crippen molar-refractivity contribution in [2.45, 2.75) is 70.7 Å². The highest BCUT2D eigenvalue weighted by Crippen LogP contribution is 2.33. The van der Waals surface area contributed by atoms with Crippen molar-refractivity contribution < 1.29 is 4.39 Å². The van der Waals surface area contributed by atoms with Crippen LogP contribution in [0.2, 0.25) is 0 Å². The topological polar surface area (TPSA) is 53.1 Å². The first-order chi connectivity index (χ1) is 13.2. The van der Waals surface area contributed by atoms with Gasteiger partial charge in [0.2, 0.25) is 5.95 Å². The SMILES string of the molecule is CNc1ncc(CN(Cc2ccc(F)cc2)C2CC(C)(C)NC(C)(C)C2)cn1. The quantitative estimate of drug-likeness (QED) is 0.788. The van der Waals surface area contributed by atoms with Crippen LogP contribution >= 0.6 is 0 Å². The van der Waals surface area contributed by atoms with Crippen LogP contribution in [-0.4, -0.2) is 39.0 Å². The number of nitrogens with zero attached hydrogens (tertiary/aromatic N) is 3. The summed E-state index contributed by atoms with van der Waals surface area (Å²) in [5, 5.41) is 6.72. The summed E-state index contributed by atoms with van der Waals surface area (Å²) in [6.45, 7) is 10.6. The summed E-state index contributed by atoms with van der Waals surface area (Å²) in [6.07, 6.45) is 5.86. The molecule has 1 fully saturated rings. The molecule has 1 aliphatic heterocycles. The first kappa shape index (κ1) is 20.7. The molecule has 2 N–H and O–H groups in total. The Kier molecular flexibility index (Phi) is 6.01. The number of anilines is 1. The standard InChI is InChI=1S/C22H32FN5/c1-21(2)10-19(11-22(3,4)27-21)28(14-16-6-8-18(23)9-7-16)15-17-12-25-20(24-5)26-13-17/h6-9,12-13,19,27H,10-11,14-15H2,1-5H3,(H,24,25,26). The largest absolute Gasteiger partial charge is 0.357 e. The molecular weight excluding hydrogens is 353 g/mol. The Labute approximate surface area is 167 Å². The van der Waals surface area contributed by atoms with E-state index >= 15 is 0 Å². The molecule has 0 bridgehead atoms. The number of hydrogen-bond acceptors (Lipinski definition) is 5. The van der Waals surface area contributed by atoms with Crippen molar-refractivity contribution >= 4 is 5.95 Å². The Morgan fingerprint density at radius 2 is 1.54 bits per heavy atom. The number of nitrogens with one attached hydrogen (secondary N) is 2. The monoisotopic (exact) mass is 385 g/mol. The van der Waals surface area contributed by atoms with Gasteiger partial charge in [-0.05, 0) is 58.2 Å². The van der Waals surface area contributed by atoms with E-state index in [-0.39, 0.29) is 16.9 Å². The highest BCUT2D eigenvalue weighted by atomic mass is 19.1. The molecule has 0 saturated carbocycles. The predicted molar refractivity (Wildman–Crippen MR) is 112 cm³/mol. The van der Waals surface area contributed by atoms with Gasteiger partial charge in [0, 0.05) is 55.2 Å². The van der Waals surface area contributed by atoms with E-state index in [1.807, 2.05) is 31.6 Å². The second-order valence-electron chi connectivity index (χ2n) is 9.15. The Balaban J connectivity index is 1.85. The van der Waals surface area contributed by atoms with Gasteiger partial charge >= 0.3 is 0 Å². The van der Waals surface area contributed by atoms with Crippen molar-refractivity contribution in [2.24, 2.45) is 0 Å². The van der Waals surface area contributed by atoms with E-state index in [0.717, 1.165) is 37.1 Å². The lowest BCUT2D eigenvalue weighted by Crippen LogP contribution is -2.62. The van der Waals surface area contributed by atoms with Crippen molar-refractivity contribution in [1.82, 2.24) is 20.2 Å². The Morgan fingerprint density at radius 3 is 2.07 bits per heavy atom. The van der Waals surface area contributed by atoms with Gasteiger partial charge in [0.25, 0.3) is 0 Å². The highest BCUT2D eigenvalue weighted by molar-refractivity contribution is 5.23. The van der Waals surface area contributed by atoms with Crippen molar-refractivity contribution in [3.8, 4) is 0 Å². The lowest BCUT2D eigenvalue weighted by molar-refractivity contribution is 0.0562. The van der Waals surface area contributed by atoms with Crippen LogP contribution in [0.3, 0.4) is 0 Å². The maximum atomic E-state index is 13.4. The van der Waals surface area contributed by atoms with Gasteiger partial charge in [0.15, 0.2) is 0 Å². The average molecular weight is 386 g/mol. The van der Waals surface area contributed by atoms with Gasteiger partial charge in [-0.25, -0.2) is 14.4 Å². The van der Waals surface area contributed by atoms with Crippen molar-refractivity contribution in [1.29, 1.82) is 0 Å². The zero-order valence-electron chi connectivity index (χ0n) is 17.6. The number of benzene rings is 1. The summed E-state index contributed by atoms with van der Waals surface area (Å²) in [6, 6.07) is 7.23. The first-order valence-corrected chi connectivity index (χ1v) is 9.92. The second kappa shape index (κ2) is 8.13. The van der Waals surface area contributed by atoms with Crippen molar-refractivity contribution in [3.05, 3.63) is 53.6 Å². The molecule has 0 spiro atoms. The molecule has 0 aliphatic carbocycles. The minimum atomic E-state index is -0.199. The highest BCUT2D eigenvalue weighted by Gasteiger charge is 2.39. The zero-order valence-corrected chi connectivity index (χ0v) is 17.6. The number of piperidine rings is 1. The molecule has 152 valence electrons. The van der Waals surface area contributed by atoms with E-state index in [9.17, 15) is 4.39 Å². The van der Waals surface area contributed by atoms with Crippen LogP contribution in [0.5, 0.6) is 0 Å². The molecule has 2 heterocycles. The molecule has 6 heteroatoms. The maximum absolute atomic E-state index is 13.4. The van der Waals surface area contributed by atoms with Crippen LogP contribution in [0.25, 0.3) is 0 Å². The molecule has 1 aliphatic rings. The summed E-state index contributed by atoms with van der Waals surface area (Å²) in [4.78, 5) is 11.2. The maximum Gasteiger partial charge on any atom is 0.222 e. The summed E-state index contributed by atoms with van der Waals surface area (Å²) in [5.41, 5.74) is 2.30. The smallest absolute Gasteiger partial charge is 0.222 e. The molecule has 0 atom stereocenters. The van der Waals surface area contributed by atoms with E-state index in [1.165, 1.54) is 12.1 Å². The molecule has 2 aromatic rings. The molecule has 5 nitrogen and oxygen atoms in total. The lowest BCUT2D eigenvalue weighted by Gasteiger charge is -2.49. The lowest BCUT2D eigenvalue weighted by atomic mass is 9.79. The Hall–Kier alpha value is -2.05. The Morgan fingerprint density at radius 1 is 1.00 bits per heavy atom. The molecule has 0 amide bonds. The molecule has 3 rings (SSSR count). The molecule has 1 saturated heterocycles. The normalized spacial score (nSPS) is 19.0. The fourth-order valence-corrected chi connectivity index (χ4v) is 4.47. The van der Waals surface area contributed by atoms with Gasteiger partial charge in [-0.2, -0.15) is 0 Å². The fraction of sp³-hybridized carbons (Fsp3) is 0.545. The third-order valence-corrected chi connectivity index (χ3v) is 5.30. The van der Waals surface area contributed by atoms with Gasteiger partial charge in [-0.15, -0.1) is 0 Å². The second-order valence-corrected chi connectivity index (χ2v) is 9.15. The van der Waals surface area contributed by atoms with Crippen LogP contribution in [0.1, 0.15) is 51.7 Å². The van der Waals surface area contributed by atoms with E-state index in [1.54, 1.807) is 0 Å². The first-order valence-electron chi connectivity index (χ1n) is 9.92. The van der Waals surface area contributed by atoms with E-state index in [0.29, 0.717) is 12.0 Å². The minimum absolute atomic E-state index is 0.0555. The van der Waals surface area contributed by atoms with Crippen LogP contribution in [-0.2, 0) is 13.1 Å². The summed E-state index contributed by atoms with van der Waals surface area (Å²) < 4.78 is 13.4. The van der Waals surface area contributed by atoms with Crippen molar-refractivity contribution in [2.75, 3.05) is 12.4 Å². The van der Waals surface area contributed by atoms with Crippen LogP contribution in [0.15, 0.2) is 36.7 Å². The third-order valence-electron chi connectivity index (χ3n) is 5.30. The van der Waals surface area contributed by atoms with E-state index in [4.69, 9.17) is 0 Å². The molecular formula is C22H32FN5. The molecule has 0 unspecified atom stereocenters. The number of aromatic nitrogens is 2. The van der Waals surface area contributed by atoms with E-state index in [2.05, 4.69) is 53.2 Å². The number of halogens is 1. The van der Waals surface area contributed by atoms with Crippen molar-refractivity contribution in [3.63, 3.8) is 0 Å². The predicted octanol–water partition coefficient (Wildman–Crippen LogP) is 3.97. The molecule has 1 aromatic carbocycles. The Bertz CT molecular complexity index is 755. The van der Waals surface area contributed by atoms with Crippen LogP contribution in [0, 0.1) is 5.82 Å². The molecule has 0 radical (unpaired) electrons.